The molecule has 0 spiro atoms. The first-order chi connectivity index (χ1) is 9.24. The number of hydrogen-bond acceptors (Lipinski definition) is 2. The van der Waals surface area contributed by atoms with Crippen LogP contribution in [-0.4, -0.2) is 19.6 Å². The molecule has 0 saturated carbocycles. The van der Waals surface area contributed by atoms with Crippen molar-refractivity contribution in [3.63, 3.8) is 0 Å². The van der Waals surface area contributed by atoms with E-state index in [1.54, 1.807) is 6.07 Å². The molecule has 1 saturated heterocycles. The second kappa shape index (κ2) is 6.90. The molecule has 0 atom stereocenters. The minimum Gasteiger partial charge on any atom is -0.369 e. The van der Waals surface area contributed by atoms with E-state index < -0.39 is 0 Å². The standard InChI is InChI=1S/C16H25FN2/c1-2-3-13-7-10-19(11-8-13)16-5-4-14(6-9-18)12-15(16)17/h4-5,12-13H,2-3,6-11,18H2,1H3. The molecule has 0 amide bonds. The fourth-order valence-electron chi connectivity index (χ4n) is 3.00. The Labute approximate surface area is 115 Å². The van der Waals surface area contributed by atoms with Gasteiger partial charge in [-0.25, -0.2) is 4.39 Å². The van der Waals surface area contributed by atoms with Crippen molar-refractivity contribution < 1.29 is 4.39 Å². The summed E-state index contributed by atoms with van der Waals surface area (Å²) in [6.45, 7) is 4.78. The van der Waals surface area contributed by atoms with Crippen LogP contribution in [0.15, 0.2) is 18.2 Å². The lowest BCUT2D eigenvalue weighted by Gasteiger charge is -2.33. The van der Waals surface area contributed by atoms with Gasteiger partial charge in [0.15, 0.2) is 0 Å². The SMILES string of the molecule is CCCC1CCN(c2ccc(CCN)cc2F)CC1. The van der Waals surface area contributed by atoms with E-state index in [0.29, 0.717) is 6.54 Å². The first-order valence-electron chi connectivity index (χ1n) is 7.48. The number of anilines is 1. The fourth-order valence-corrected chi connectivity index (χ4v) is 3.00. The lowest BCUT2D eigenvalue weighted by atomic mass is 9.92. The molecular formula is C16H25FN2. The van der Waals surface area contributed by atoms with E-state index >= 15 is 0 Å². The van der Waals surface area contributed by atoms with E-state index in [9.17, 15) is 4.39 Å². The van der Waals surface area contributed by atoms with E-state index in [0.717, 1.165) is 36.7 Å². The summed E-state index contributed by atoms with van der Waals surface area (Å²) in [5.74, 6) is 0.737. The predicted molar refractivity (Wildman–Crippen MR) is 79.0 cm³/mol. The Morgan fingerprint density at radius 1 is 1.32 bits per heavy atom. The maximum atomic E-state index is 14.1. The molecule has 1 aromatic rings. The van der Waals surface area contributed by atoms with Gasteiger partial charge >= 0.3 is 0 Å². The molecule has 3 heteroatoms. The molecule has 2 N–H and O–H groups in total. The van der Waals surface area contributed by atoms with E-state index in [1.165, 1.54) is 25.7 Å². The third kappa shape index (κ3) is 3.69. The first-order valence-corrected chi connectivity index (χ1v) is 7.48. The normalized spacial score (nSPS) is 16.9. The molecule has 1 aliphatic heterocycles. The van der Waals surface area contributed by atoms with Crippen molar-refractivity contribution in [2.24, 2.45) is 11.7 Å². The smallest absolute Gasteiger partial charge is 0.146 e. The van der Waals surface area contributed by atoms with Crippen molar-refractivity contribution in [2.75, 3.05) is 24.5 Å². The van der Waals surface area contributed by atoms with Crippen LogP contribution in [0.5, 0.6) is 0 Å². The Bertz CT molecular complexity index is 398. The molecule has 0 aliphatic carbocycles. The molecule has 1 fully saturated rings. The van der Waals surface area contributed by atoms with Crippen LogP contribution in [-0.2, 0) is 6.42 Å². The average Bonchev–Trinajstić information content (AvgIpc) is 2.41. The van der Waals surface area contributed by atoms with E-state index in [4.69, 9.17) is 5.73 Å². The van der Waals surface area contributed by atoms with Gasteiger partial charge in [-0.3, -0.25) is 0 Å². The van der Waals surface area contributed by atoms with Crippen molar-refractivity contribution in [1.29, 1.82) is 0 Å². The number of hydrogen-bond donors (Lipinski definition) is 1. The number of benzene rings is 1. The zero-order valence-corrected chi connectivity index (χ0v) is 11.9. The van der Waals surface area contributed by atoms with Crippen LogP contribution in [0.2, 0.25) is 0 Å². The van der Waals surface area contributed by atoms with Crippen molar-refractivity contribution in [3.8, 4) is 0 Å². The zero-order valence-electron chi connectivity index (χ0n) is 11.9. The van der Waals surface area contributed by atoms with Crippen LogP contribution in [0, 0.1) is 11.7 Å². The van der Waals surface area contributed by atoms with Gasteiger partial charge in [0.1, 0.15) is 5.82 Å². The molecule has 0 radical (unpaired) electrons. The molecule has 19 heavy (non-hydrogen) atoms. The maximum absolute atomic E-state index is 14.1. The van der Waals surface area contributed by atoms with Gasteiger partial charge in [0.25, 0.3) is 0 Å². The highest BCUT2D eigenvalue weighted by molar-refractivity contribution is 5.49. The highest BCUT2D eigenvalue weighted by Gasteiger charge is 2.20. The molecule has 2 rings (SSSR count). The van der Waals surface area contributed by atoms with Gasteiger partial charge in [0.05, 0.1) is 5.69 Å². The van der Waals surface area contributed by atoms with Gasteiger partial charge in [-0.15, -0.1) is 0 Å². The Balaban J connectivity index is 1.99. The third-order valence-electron chi connectivity index (χ3n) is 4.10. The lowest BCUT2D eigenvalue weighted by Crippen LogP contribution is -2.34. The largest absolute Gasteiger partial charge is 0.369 e. The lowest BCUT2D eigenvalue weighted by molar-refractivity contribution is 0.376. The fraction of sp³-hybridized carbons (Fsp3) is 0.625. The van der Waals surface area contributed by atoms with Gasteiger partial charge in [-0.2, -0.15) is 0 Å². The monoisotopic (exact) mass is 264 g/mol. The summed E-state index contributed by atoms with van der Waals surface area (Å²) < 4.78 is 14.1. The van der Waals surface area contributed by atoms with Gasteiger partial charge in [0.2, 0.25) is 0 Å². The summed E-state index contributed by atoms with van der Waals surface area (Å²) in [4.78, 5) is 2.19. The summed E-state index contributed by atoms with van der Waals surface area (Å²) in [7, 11) is 0. The quantitative estimate of drug-likeness (QED) is 0.883. The van der Waals surface area contributed by atoms with Crippen LogP contribution in [0.25, 0.3) is 0 Å². The summed E-state index contributed by atoms with van der Waals surface area (Å²) in [6, 6.07) is 5.56. The van der Waals surface area contributed by atoms with Crippen LogP contribution >= 0.6 is 0 Å². The van der Waals surface area contributed by atoms with Crippen LogP contribution < -0.4 is 10.6 Å². The molecule has 0 unspecified atom stereocenters. The van der Waals surface area contributed by atoms with Crippen molar-refractivity contribution in [2.45, 2.75) is 39.0 Å². The molecule has 1 heterocycles. The Morgan fingerprint density at radius 2 is 2.05 bits per heavy atom. The second-order valence-electron chi connectivity index (χ2n) is 5.54. The minimum absolute atomic E-state index is 0.0973. The molecule has 0 bridgehead atoms. The summed E-state index contributed by atoms with van der Waals surface area (Å²) in [5.41, 5.74) is 7.25. The molecule has 1 aromatic carbocycles. The van der Waals surface area contributed by atoms with Crippen LogP contribution in [0.4, 0.5) is 10.1 Å². The van der Waals surface area contributed by atoms with Gasteiger partial charge in [0, 0.05) is 13.1 Å². The molecule has 1 aliphatic rings. The molecular weight excluding hydrogens is 239 g/mol. The maximum Gasteiger partial charge on any atom is 0.146 e. The highest BCUT2D eigenvalue weighted by atomic mass is 19.1. The minimum atomic E-state index is -0.0973. The van der Waals surface area contributed by atoms with E-state index in [-0.39, 0.29) is 5.82 Å². The van der Waals surface area contributed by atoms with Gasteiger partial charge < -0.3 is 10.6 Å². The van der Waals surface area contributed by atoms with Crippen molar-refractivity contribution in [1.82, 2.24) is 0 Å². The van der Waals surface area contributed by atoms with Crippen molar-refractivity contribution in [3.05, 3.63) is 29.6 Å². The molecule has 106 valence electrons. The van der Waals surface area contributed by atoms with E-state index in [2.05, 4.69) is 11.8 Å². The van der Waals surface area contributed by atoms with Gasteiger partial charge in [-0.05, 0) is 49.4 Å². The molecule has 2 nitrogen and oxygen atoms in total. The Hall–Kier alpha value is -1.09. The van der Waals surface area contributed by atoms with Crippen molar-refractivity contribution >= 4 is 5.69 Å². The predicted octanol–water partition coefficient (Wildman–Crippen LogP) is 3.34. The third-order valence-corrected chi connectivity index (χ3v) is 4.10. The topological polar surface area (TPSA) is 29.3 Å². The molecule has 0 aromatic heterocycles. The highest BCUT2D eigenvalue weighted by Crippen LogP contribution is 2.28. The average molecular weight is 264 g/mol. The number of piperidine rings is 1. The Morgan fingerprint density at radius 3 is 2.63 bits per heavy atom. The van der Waals surface area contributed by atoms with Crippen LogP contribution in [0.1, 0.15) is 38.2 Å². The second-order valence-corrected chi connectivity index (χ2v) is 5.54. The van der Waals surface area contributed by atoms with Gasteiger partial charge in [-0.1, -0.05) is 25.8 Å². The number of halogens is 1. The summed E-state index contributed by atoms with van der Waals surface area (Å²) in [5, 5.41) is 0. The zero-order chi connectivity index (χ0) is 13.7. The number of rotatable bonds is 5. The number of nitrogens with two attached hydrogens (primary N) is 1. The van der Waals surface area contributed by atoms with Crippen LogP contribution in [0.3, 0.4) is 0 Å². The first kappa shape index (κ1) is 14.3. The summed E-state index contributed by atoms with van der Waals surface area (Å²) >= 11 is 0. The number of nitrogens with zero attached hydrogens (tertiary/aromatic N) is 1. The Kier molecular flexibility index (Phi) is 5.20. The summed E-state index contributed by atoms with van der Waals surface area (Å²) in [6.07, 6.45) is 5.70. The van der Waals surface area contributed by atoms with E-state index in [1.807, 2.05) is 12.1 Å².